The van der Waals surface area contributed by atoms with Crippen LogP contribution < -0.4 is 0 Å². The van der Waals surface area contributed by atoms with Gasteiger partial charge in [-0.2, -0.15) is 0 Å². The zero-order valence-corrected chi connectivity index (χ0v) is 13.6. The van der Waals surface area contributed by atoms with Crippen molar-refractivity contribution in [1.29, 1.82) is 0 Å². The fourth-order valence-electron chi connectivity index (χ4n) is 3.80. The van der Waals surface area contributed by atoms with Crippen LogP contribution in [0.1, 0.15) is 31.7 Å². The highest BCUT2D eigenvalue weighted by molar-refractivity contribution is 5.72. The summed E-state index contributed by atoms with van der Waals surface area (Å²) in [5.41, 5.74) is 0.963. The van der Waals surface area contributed by atoms with E-state index in [9.17, 15) is 9.59 Å². The monoisotopic (exact) mass is 317 g/mol. The third-order valence-electron chi connectivity index (χ3n) is 4.88. The average molecular weight is 317 g/mol. The van der Waals surface area contributed by atoms with Crippen molar-refractivity contribution in [3.05, 3.63) is 35.9 Å². The van der Waals surface area contributed by atoms with E-state index in [1.54, 1.807) is 0 Å². The summed E-state index contributed by atoms with van der Waals surface area (Å²) in [4.78, 5) is 25.6. The average Bonchev–Trinajstić information content (AvgIpc) is 2.67. The number of hydrogen-bond donors (Lipinski definition) is 0. The van der Waals surface area contributed by atoms with Crippen molar-refractivity contribution in [2.24, 2.45) is 0 Å². The van der Waals surface area contributed by atoms with E-state index in [-0.39, 0.29) is 30.2 Å². The van der Waals surface area contributed by atoms with Crippen molar-refractivity contribution < 1.29 is 19.1 Å². The smallest absolute Gasteiger partial charge is 0.310 e. The second-order valence-electron chi connectivity index (χ2n) is 6.52. The summed E-state index contributed by atoms with van der Waals surface area (Å²) >= 11 is 0. The molecule has 2 unspecified atom stereocenters. The molecule has 2 aliphatic heterocycles. The Morgan fingerprint density at radius 1 is 1.13 bits per heavy atom. The van der Waals surface area contributed by atoms with E-state index in [2.05, 4.69) is 11.9 Å². The molecule has 1 aromatic rings. The molecule has 0 amide bonds. The first-order chi connectivity index (χ1) is 11.0. The van der Waals surface area contributed by atoms with Gasteiger partial charge >= 0.3 is 11.9 Å². The number of piperidine rings is 1. The van der Waals surface area contributed by atoms with Crippen molar-refractivity contribution in [3.8, 4) is 0 Å². The Bertz CT molecular complexity index is 574. The molecule has 2 fully saturated rings. The maximum atomic E-state index is 12.2. The van der Waals surface area contributed by atoms with Gasteiger partial charge in [0.2, 0.25) is 0 Å². The molecule has 0 aliphatic carbocycles. The summed E-state index contributed by atoms with van der Waals surface area (Å²) in [6.07, 6.45) is 2.50. The highest BCUT2D eigenvalue weighted by Gasteiger charge is 2.47. The van der Waals surface area contributed by atoms with Crippen LogP contribution in [0, 0.1) is 0 Å². The molecule has 5 heteroatoms. The number of likely N-dealkylation sites (N-methyl/N-ethyl adjacent to an activating group) is 1. The standard InChI is InChI=1S/C18H23NO4/c1-12(20)22-15-9-14-10-17(16(11-15)19(14)2)23-18(21)8-13-6-4-3-5-7-13/h3-7,14-17H,8-11H2,1-2H3/t14-,15?,16+,17?/m0/s1. The molecule has 0 radical (unpaired) electrons. The predicted molar refractivity (Wildman–Crippen MR) is 84.8 cm³/mol. The molecule has 2 bridgehead atoms. The van der Waals surface area contributed by atoms with Crippen LogP contribution in [-0.2, 0) is 25.5 Å². The van der Waals surface area contributed by atoms with Crippen molar-refractivity contribution in [2.75, 3.05) is 7.05 Å². The number of nitrogens with zero attached hydrogens (tertiary/aromatic N) is 1. The molecule has 3 rings (SSSR count). The Morgan fingerprint density at radius 3 is 2.57 bits per heavy atom. The summed E-state index contributed by atoms with van der Waals surface area (Å²) in [5.74, 6) is -0.428. The largest absolute Gasteiger partial charge is 0.462 e. The van der Waals surface area contributed by atoms with Gasteiger partial charge in [-0.15, -0.1) is 0 Å². The lowest BCUT2D eigenvalue weighted by atomic mass is 10.0. The molecule has 2 aliphatic rings. The molecule has 0 saturated carbocycles. The van der Waals surface area contributed by atoms with E-state index < -0.39 is 0 Å². The summed E-state index contributed by atoms with van der Waals surface area (Å²) < 4.78 is 11.1. The number of fused-ring (bicyclic) bond motifs is 2. The molecule has 4 atom stereocenters. The number of rotatable bonds is 4. The number of esters is 2. The molecular formula is C18H23NO4. The van der Waals surface area contributed by atoms with E-state index in [0.717, 1.165) is 24.8 Å². The Morgan fingerprint density at radius 2 is 1.87 bits per heavy atom. The van der Waals surface area contributed by atoms with Crippen LogP contribution in [0.3, 0.4) is 0 Å². The minimum Gasteiger partial charge on any atom is -0.462 e. The fourth-order valence-corrected chi connectivity index (χ4v) is 3.80. The number of carbonyl (C=O) groups is 2. The third kappa shape index (κ3) is 3.72. The van der Waals surface area contributed by atoms with Gasteiger partial charge in [-0.05, 0) is 12.6 Å². The lowest BCUT2D eigenvalue weighted by Gasteiger charge is -2.36. The van der Waals surface area contributed by atoms with Gasteiger partial charge in [0, 0.05) is 32.2 Å². The van der Waals surface area contributed by atoms with Crippen molar-refractivity contribution in [3.63, 3.8) is 0 Å². The normalized spacial score (nSPS) is 30.0. The molecule has 1 aromatic carbocycles. The maximum Gasteiger partial charge on any atom is 0.310 e. The van der Waals surface area contributed by atoms with Crippen LogP contribution in [0.4, 0.5) is 0 Å². The third-order valence-corrected chi connectivity index (χ3v) is 4.88. The lowest BCUT2D eigenvalue weighted by Crippen LogP contribution is -2.46. The fraction of sp³-hybridized carbons (Fsp3) is 0.556. The molecule has 124 valence electrons. The SMILES string of the molecule is CC(=O)OC1C[C@H]2CC(OC(=O)Cc3ccccc3)[C@@H](C1)N2C. The van der Waals surface area contributed by atoms with E-state index in [0.29, 0.717) is 12.5 Å². The first kappa shape index (κ1) is 16.0. The Hall–Kier alpha value is -1.88. The van der Waals surface area contributed by atoms with Crippen LogP contribution in [0.5, 0.6) is 0 Å². The predicted octanol–water partition coefficient (Wildman–Crippen LogP) is 1.94. The van der Waals surface area contributed by atoms with Gasteiger partial charge in [0.1, 0.15) is 12.2 Å². The first-order valence-corrected chi connectivity index (χ1v) is 8.15. The molecule has 0 spiro atoms. The zero-order valence-electron chi connectivity index (χ0n) is 13.6. The van der Waals surface area contributed by atoms with E-state index in [1.807, 2.05) is 30.3 Å². The summed E-state index contributed by atoms with van der Waals surface area (Å²) in [7, 11) is 2.06. The molecule has 0 aromatic heterocycles. The van der Waals surface area contributed by atoms with Crippen molar-refractivity contribution >= 4 is 11.9 Å². The highest BCUT2D eigenvalue weighted by Crippen LogP contribution is 2.37. The van der Waals surface area contributed by atoms with Crippen molar-refractivity contribution in [2.45, 2.75) is 56.9 Å². The highest BCUT2D eigenvalue weighted by atomic mass is 16.6. The van der Waals surface area contributed by atoms with Gasteiger partial charge < -0.3 is 9.47 Å². The quantitative estimate of drug-likeness (QED) is 0.794. The van der Waals surface area contributed by atoms with E-state index in [4.69, 9.17) is 9.47 Å². The van der Waals surface area contributed by atoms with E-state index in [1.165, 1.54) is 6.92 Å². The van der Waals surface area contributed by atoms with Crippen LogP contribution in [0.2, 0.25) is 0 Å². The number of carbonyl (C=O) groups excluding carboxylic acids is 2. The minimum atomic E-state index is -0.239. The zero-order chi connectivity index (χ0) is 16.4. The van der Waals surface area contributed by atoms with Crippen LogP contribution >= 0.6 is 0 Å². The second kappa shape index (κ2) is 6.71. The Labute approximate surface area is 136 Å². The summed E-state index contributed by atoms with van der Waals surface area (Å²) in [6, 6.07) is 10.1. The number of benzene rings is 1. The van der Waals surface area contributed by atoms with Gasteiger partial charge in [-0.1, -0.05) is 30.3 Å². The van der Waals surface area contributed by atoms with Gasteiger partial charge in [-0.3, -0.25) is 14.5 Å². The van der Waals surface area contributed by atoms with Crippen LogP contribution in [0.15, 0.2) is 30.3 Å². The van der Waals surface area contributed by atoms with Gasteiger partial charge in [-0.25, -0.2) is 0 Å². The molecule has 5 nitrogen and oxygen atoms in total. The molecule has 2 saturated heterocycles. The van der Waals surface area contributed by atoms with Crippen LogP contribution in [0.25, 0.3) is 0 Å². The van der Waals surface area contributed by atoms with Gasteiger partial charge in [0.05, 0.1) is 12.5 Å². The number of hydrogen-bond acceptors (Lipinski definition) is 5. The van der Waals surface area contributed by atoms with Crippen molar-refractivity contribution in [1.82, 2.24) is 4.90 Å². The summed E-state index contributed by atoms with van der Waals surface area (Å²) in [6.45, 7) is 1.44. The lowest BCUT2D eigenvalue weighted by molar-refractivity contribution is -0.154. The van der Waals surface area contributed by atoms with Gasteiger partial charge in [0.25, 0.3) is 0 Å². The van der Waals surface area contributed by atoms with Gasteiger partial charge in [0.15, 0.2) is 0 Å². The minimum absolute atomic E-state index is 0.0588. The molecular weight excluding hydrogens is 294 g/mol. The second-order valence-corrected chi connectivity index (χ2v) is 6.52. The van der Waals surface area contributed by atoms with Crippen LogP contribution in [-0.4, -0.2) is 48.2 Å². The summed E-state index contributed by atoms with van der Waals surface area (Å²) in [5, 5.41) is 0. The first-order valence-electron chi connectivity index (χ1n) is 8.15. The molecule has 0 N–H and O–H groups in total. The Balaban J connectivity index is 1.59. The maximum absolute atomic E-state index is 12.2. The Kier molecular flexibility index (Phi) is 4.66. The molecule has 2 heterocycles. The molecule has 23 heavy (non-hydrogen) atoms. The topological polar surface area (TPSA) is 55.8 Å². The van der Waals surface area contributed by atoms with E-state index >= 15 is 0 Å². The number of ether oxygens (including phenoxy) is 2.